The van der Waals surface area contributed by atoms with Crippen LogP contribution in [0.1, 0.15) is 5.56 Å². The van der Waals surface area contributed by atoms with Gasteiger partial charge in [-0.1, -0.05) is 0 Å². The van der Waals surface area contributed by atoms with Gasteiger partial charge >= 0.3 is 6.03 Å². The number of carbonyl (C=O) groups is 1. The number of aliphatic hydroxyl groups excluding tert-OH is 1. The average Bonchev–Trinajstić information content (AvgIpc) is 2.58. The summed E-state index contributed by atoms with van der Waals surface area (Å²) in [7, 11) is 0. The lowest BCUT2D eigenvalue weighted by atomic mass is 10.2. The third-order valence-electron chi connectivity index (χ3n) is 2.94. The molecule has 2 rings (SSSR count). The van der Waals surface area contributed by atoms with Gasteiger partial charge in [0.2, 0.25) is 0 Å². The number of hydrogen-bond acceptors (Lipinski definition) is 3. The van der Waals surface area contributed by atoms with Crippen molar-refractivity contribution in [3.05, 3.63) is 29.6 Å². The Labute approximate surface area is 111 Å². The lowest BCUT2D eigenvalue weighted by Gasteiger charge is -2.21. The number of amides is 2. The van der Waals surface area contributed by atoms with Crippen LogP contribution in [0.15, 0.2) is 18.2 Å². The number of benzene rings is 1. The highest BCUT2D eigenvalue weighted by Gasteiger charge is 2.20. The molecule has 0 saturated carbocycles. The van der Waals surface area contributed by atoms with Gasteiger partial charge in [0.05, 0.1) is 25.9 Å². The fraction of sp³-hybridized carbons (Fsp3) is 0.462. The van der Waals surface area contributed by atoms with Crippen LogP contribution in [-0.2, 0) is 4.74 Å². The summed E-state index contributed by atoms with van der Waals surface area (Å²) >= 11 is 0. The third-order valence-corrected chi connectivity index (χ3v) is 2.94. The maximum absolute atomic E-state index is 13.1. The van der Waals surface area contributed by atoms with E-state index < -0.39 is 6.10 Å². The second kappa shape index (κ2) is 5.99. The molecule has 0 radical (unpaired) electrons. The van der Waals surface area contributed by atoms with Gasteiger partial charge in [-0.15, -0.1) is 0 Å². The second-order valence-corrected chi connectivity index (χ2v) is 4.57. The lowest BCUT2D eigenvalue weighted by Crippen LogP contribution is -2.40. The molecule has 0 bridgehead atoms. The number of halogens is 1. The molecule has 104 valence electrons. The van der Waals surface area contributed by atoms with Crippen molar-refractivity contribution in [3.8, 4) is 0 Å². The van der Waals surface area contributed by atoms with Gasteiger partial charge in [0.15, 0.2) is 0 Å². The molecule has 0 aliphatic carbocycles. The molecular weight excluding hydrogens is 251 g/mol. The molecule has 19 heavy (non-hydrogen) atoms. The van der Waals surface area contributed by atoms with E-state index in [1.165, 1.54) is 17.0 Å². The quantitative estimate of drug-likeness (QED) is 0.808. The maximum Gasteiger partial charge on any atom is 0.322 e. The molecule has 5 nitrogen and oxygen atoms in total. The number of nitrogens with one attached hydrogen (secondary N) is 1. The van der Waals surface area contributed by atoms with E-state index in [4.69, 9.17) is 4.74 Å². The predicted octanol–water partition coefficient (Wildman–Crippen LogP) is 1.36. The number of aliphatic hydroxyl groups is 1. The summed E-state index contributed by atoms with van der Waals surface area (Å²) in [4.78, 5) is 13.5. The van der Waals surface area contributed by atoms with Crippen molar-refractivity contribution in [2.45, 2.75) is 13.0 Å². The Kier molecular flexibility index (Phi) is 4.34. The van der Waals surface area contributed by atoms with E-state index in [9.17, 15) is 14.3 Å². The zero-order valence-corrected chi connectivity index (χ0v) is 10.7. The van der Waals surface area contributed by atoms with Crippen LogP contribution in [0.5, 0.6) is 0 Å². The molecule has 0 spiro atoms. The van der Waals surface area contributed by atoms with Gasteiger partial charge < -0.3 is 20.1 Å². The van der Waals surface area contributed by atoms with Crippen LogP contribution in [0.25, 0.3) is 0 Å². The third kappa shape index (κ3) is 3.65. The molecular formula is C13H17FN2O3. The molecule has 1 saturated heterocycles. The van der Waals surface area contributed by atoms with Crippen LogP contribution < -0.4 is 5.32 Å². The molecule has 1 heterocycles. The fourth-order valence-corrected chi connectivity index (χ4v) is 1.90. The molecule has 0 unspecified atom stereocenters. The first kappa shape index (κ1) is 13.8. The molecule has 2 amide bonds. The number of hydrogen-bond donors (Lipinski definition) is 2. The highest BCUT2D eigenvalue weighted by Crippen LogP contribution is 2.14. The number of rotatable bonds is 1. The van der Waals surface area contributed by atoms with Gasteiger partial charge in [-0.2, -0.15) is 0 Å². The number of urea groups is 1. The minimum Gasteiger partial charge on any atom is -0.389 e. The molecule has 1 atom stereocenters. The van der Waals surface area contributed by atoms with E-state index in [0.29, 0.717) is 24.4 Å². The topological polar surface area (TPSA) is 61.8 Å². The standard InChI is InChI=1S/C13H17FN2O3/c1-9-6-10(2-3-12(9)14)15-13(18)16-4-5-19-8-11(17)7-16/h2-3,6,11,17H,4-5,7-8H2,1H3,(H,15,18)/t11-/m1/s1. The number of β-amino-alcohol motifs (C(OH)–C–C–N with tert-alkyl or cyclic N) is 1. The Morgan fingerprint density at radius 1 is 1.58 bits per heavy atom. The van der Waals surface area contributed by atoms with Crippen molar-refractivity contribution < 1.29 is 19.0 Å². The number of aryl methyl sites for hydroxylation is 1. The van der Waals surface area contributed by atoms with E-state index in [2.05, 4.69) is 5.32 Å². The van der Waals surface area contributed by atoms with Gasteiger partial charge in [0, 0.05) is 12.2 Å². The van der Waals surface area contributed by atoms with Gasteiger partial charge in [-0.05, 0) is 30.7 Å². The normalized spacial score (nSPS) is 19.9. The molecule has 1 aromatic rings. The van der Waals surface area contributed by atoms with Crippen molar-refractivity contribution >= 4 is 11.7 Å². The van der Waals surface area contributed by atoms with Crippen LogP contribution in [0.2, 0.25) is 0 Å². The Hall–Kier alpha value is -1.66. The monoisotopic (exact) mass is 268 g/mol. The Balaban J connectivity index is 2.01. The first-order chi connectivity index (χ1) is 9.06. The van der Waals surface area contributed by atoms with Gasteiger partial charge in [-0.25, -0.2) is 9.18 Å². The predicted molar refractivity (Wildman–Crippen MR) is 68.6 cm³/mol. The number of nitrogens with zero attached hydrogens (tertiary/aromatic N) is 1. The maximum atomic E-state index is 13.1. The summed E-state index contributed by atoms with van der Waals surface area (Å²) in [6, 6.07) is 4.06. The average molecular weight is 268 g/mol. The molecule has 1 aliphatic rings. The van der Waals surface area contributed by atoms with Crippen molar-refractivity contribution in [2.24, 2.45) is 0 Å². The van der Waals surface area contributed by atoms with E-state index in [-0.39, 0.29) is 25.0 Å². The first-order valence-electron chi connectivity index (χ1n) is 6.14. The van der Waals surface area contributed by atoms with Crippen LogP contribution in [-0.4, -0.2) is 48.4 Å². The Bertz CT molecular complexity index is 467. The molecule has 6 heteroatoms. The smallest absolute Gasteiger partial charge is 0.322 e. The summed E-state index contributed by atoms with van der Waals surface area (Å²) in [5.41, 5.74) is 1.00. The number of carbonyl (C=O) groups excluding carboxylic acids is 1. The van der Waals surface area contributed by atoms with Gasteiger partial charge in [0.1, 0.15) is 5.82 Å². The van der Waals surface area contributed by atoms with Crippen LogP contribution >= 0.6 is 0 Å². The summed E-state index contributed by atoms with van der Waals surface area (Å²) in [5, 5.41) is 12.2. The molecule has 1 aromatic carbocycles. The van der Waals surface area contributed by atoms with Crippen LogP contribution in [0, 0.1) is 12.7 Å². The van der Waals surface area contributed by atoms with E-state index in [0.717, 1.165) is 0 Å². The fourth-order valence-electron chi connectivity index (χ4n) is 1.90. The molecule has 2 N–H and O–H groups in total. The number of ether oxygens (including phenoxy) is 1. The minimum absolute atomic E-state index is 0.228. The van der Waals surface area contributed by atoms with Crippen LogP contribution in [0.4, 0.5) is 14.9 Å². The van der Waals surface area contributed by atoms with E-state index in [1.54, 1.807) is 13.0 Å². The zero-order chi connectivity index (χ0) is 13.8. The molecule has 1 aliphatic heterocycles. The van der Waals surface area contributed by atoms with Gasteiger partial charge in [0.25, 0.3) is 0 Å². The highest BCUT2D eigenvalue weighted by atomic mass is 19.1. The van der Waals surface area contributed by atoms with E-state index >= 15 is 0 Å². The first-order valence-corrected chi connectivity index (χ1v) is 6.14. The number of anilines is 1. The van der Waals surface area contributed by atoms with Crippen molar-refractivity contribution in [1.29, 1.82) is 0 Å². The van der Waals surface area contributed by atoms with Crippen molar-refractivity contribution in [1.82, 2.24) is 4.90 Å². The zero-order valence-electron chi connectivity index (χ0n) is 10.7. The Morgan fingerprint density at radius 3 is 3.11 bits per heavy atom. The van der Waals surface area contributed by atoms with Crippen molar-refractivity contribution in [3.63, 3.8) is 0 Å². The SMILES string of the molecule is Cc1cc(NC(=O)N2CCOC[C@H](O)C2)ccc1F. The van der Waals surface area contributed by atoms with Crippen LogP contribution in [0.3, 0.4) is 0 Å². The summed E-state index contributed by atoms with van der Waals surface area (Å²) in [5.74, 6) is -0.309. The van der Waals surface area contributed by atoms with Crippen molar-refractivity contribution in [2.75, 3.05) is 31.6 Å². The van der Waals surface area contributed by atoms with E-state index in [1.807, 2.05) is 0 Å². The Morgan fingerprint density at radius 2 is 2.37 bits per heavy atom. The summed E-state index contributed by atoms with van der Waals surface area (Å²) in [6.45, 7) is 2.91. The second-order valence-electron chi connectivity index (χ2n) is 4.57. The largest absolute Gasteiger partial charge is 0.389 e. The van der Waals surface area contributed by atoms with Gasteiger partial charge in [-0.3, -0.25) is 0 Å². The summed E-state index contributed by atoms with van der Waals surface area (Å²) < 4.78 is 18.3. The summed E-state index contributed by atoms with van der Waals surface area (Å²) in [6.07, 6.45) is -0.678. The molecule has 1 fully saturated rings. The molecule has 0 aromatic heterocycles. The minimum atomic E-state index is -0.678. The highest BCUT2D eigenvalue weighted by molar-refractivity contribution is 5.89. The lowest BCUT2D eigenvalue weighted by molar-refractivity contribution is 0.0575.